The number of hydrogen-bond acceptors (Lipinski definition) is 2. The van der Waals surface area contributed by atoms with Gasteiger partial charge < -0.3 is 13.7 Å². The van der Waals surface area contributed by atoms with E-state index in [9.17, 15) is 0 Å². The zero-order chi connectivity index (χ0) is 57.4. The van der Waals surface area contributed by atoms with E-state index in [1.807, 2.05) is 0 Å². The predicted molar refractivity (Wildman–Crippen MR) is 363 cm³/mol. The molecule has 0 amide bonds. The number of fused-ring (bicyclic) bond motifs is 9. The third kappa shape index (κ3) is 8.47. The smallest absolute Gasteiger partial charge is 0.160 e. The van der Waals surface area contributed by atoms with Crippen LogP contribution in [0.4, 0.5) is 0 Å². The van der Waals surface area contributed by atoms with E-state index < -0.39 is 0 Å². The Bertz CT molecular complexity index is 5060. The zero-order valence-corrected chi connectivity index (χ0v) is 47.3. The Morgan fingerprint density at radius 1 is 0.195 bits per heavy atom. The quantitative estimate of drug-likeness (QED) is 0.137. The van der Waals surface area contributed by atoms with Crippen LogP contribution in [0, 0.1) is 0 Å². The van der Waals surface area contributed by atoms with Crippen molar-refractivity contribution in [2.45, 2.75) is 0 Å². The molecule has 0 spiro atoms. The van der Waals surface area contributed by atoms with Crippen molar-refractivity contribution in [1.29, 1.82) is 0 Å². The first kappa shape index (κ1) is 49.9. The van der Waals surface area contributed by atoms with Crippen LogP contribution in [0.1, 0.15) is 0 Å². The summed E-state index contributed by atoms with van der Waals surface area (Å²) in [6.07, 6.45) is 0. The minimum atomic E-state index is 0.628. The second kappa shape index (κ2) is 20.6. The van der Waals surface area contributed by atoms with E-state index in [-0.39, 0.29) is 0 Å². The molecule has 4 aromatic heterocycles. The van der Waals surface area contributed by atoms with Gasteiger partial charge in [-0.25, -0.2) is 9.97 Å². The van der Waals surface area contributed by atoms with Gasteiger partial charge in [0.1, 0.15) is 0 Å². The van der Waals surface area contributed by atoms with Gasteiger partial charge in [0.2, 0.25) is 0 Å². The topological polar surface area (TPSA) is 40.6 Å². The Labute approximate surface area is 503 Å². The van der Waals surface area contributed by atoms with E-state index in [2.05, 4.69) is 335 Å². The summed E-state index contributed by atoms with van der Waals surface area (Å²) < 4.78 is 7.38. The summed E-state index contributed by atoms with van der Waals surface area (Å²) in [6, 6.07) is 117. The summed E-state index contributed by atoms with van der Waals surface area (Å²) in [5.74, 6) is 0.628. The van der Waals surface area contributed by atoms with Gasteiger partial charge in [0.25, 0.3) is 0 Å². The minimum absolute atomic E-state index is 0.628. The lowest BCUT2D eigenvalue weighted by atomic mass is 9.91. The molecule has 5 heteroatoms. The minimum Gasteiger partial charge on any atom is -0.309 e. The summed E-state index contributed by atoms with van der Waals surface area (Å²) in [7, 11) is 0. The maximum absolute atomic E-state index is 5.57. The predicted octanol–water partition coefficient (Wildman–Crippen LogP) is 21.4. The molecule has 0 unspecified atom stereocenters. The molecule has 0 saturated heterocycles. The Morgan fingerprint density at radius 3 is 0.920 bits per heavy atom. The first-order chi connectivity index (χ1) is 43.1. The van der Waals surface area contributed by atoms with Crippen LogP contribution in [-0.2, 0) is 0 Å². The summed E-state index contributed by atoms with van der Waals surface area (Å²) in [5, 5.41) is 7.18. The number of nitrogens with zero attached hydrogens (tertiary/aromatic N) is 5. The van der Waals surface area contributed by atoms with Crippen LogP contribution in [0.2, 0.25) is 0 Å². The van der Waals surface area contributed by atoms with Crippen molar-refractivity contribution in [2.24, 2.45) is 0 Å². The highest BCUT2D eigenvalue weighted by Crippen LogP contribution is 2.47. The molecule has 0 bridgehead atoms. The molecule has 0 saturated carbocycles. The highest BCUT2D eigenvalue weighted by Gasteiger charge is 2.25. The van der Waals surface area contributed by atoms with E-state index in [0.717, 1.165) is 122 Å². The molecule has 87 heavy (non-hydrogen) atoms. The maximum atomic E-state index is 5.57. The number of hydrogen-bond donors (Lipinski definition) is 0. The number of para-hydroxylation sites is 4. The molecule has 4 heterocycles. The van der Waals surface area contributed by atoms with Crippen molar-refractivity contribution >= 4 is 65.4 Å². The standard InChI is InChI=1S/C82H53N5/c1-5-23-54(24-6-1)58-43-45-79-71(49-58)72-50-59(55-25-7-2-8-26-55)44-46-80(72)87(79)81-69(60-31-21-33-63(47-60)85-75-39-17-13-35-65(75)66-36-14-18-40-76(66)85)51-62(82-83-73(56-27-9-3-10-28-56)53-74(84-82)57-29-11-4-12-30-57)52-70(81)61-32-22-34-64(48-61)86-77-41-19-15-37-67(77)68-38-16-20-42-78(68)86/h1-53H. The molecular weight excluding hydrogens is 1050 g/mol. The second-order valence-electron chi connectivity index (χ2n) is 22.5. The third-order valence-corrected chi connectivity index (χ3v) is 17.4. The average molecular weight is 1110 g/mol. The van der Waals surface area contributed by atoms with Crippen molar-refractivity contribution in [1.82, 2.24) is 23.7 Å². The van der Waals surface area contributed by atoms with Crippen LogP contribution in [0.3, 0.4) is 0 Å². The number of benzene rings is 13. The van der Waals surface area contributed by atoms with E-state index in [4.69, 9.17) is 9.97 Å². The molecule has 0 radical (unpaired) electrons. The summed E-state index contributed by atoms with van der Waals surface area (Å²) >= 11 is 0. The lowest BCUT2D eigenvalue weighted by Gasteiger charge is -2.22. The fourth-order valence-corrected chi connectivity index (χ4v) is 13.4. The Hall–Kier alpha value is -11.7. The number of rotatable bonds is 10. The maximum Gasteiger partial charge on any atom is 0.160 e. The molecule has 17 aromatic rings. The molecule has 0 atom stereocenters. The van der Waals surface area contributed by atoms with Gasteiger partial charge in [0.05, 0.1) is 50.2 Å². The molecule has 406 valence electrons. The van der Waals surface area contributed by atoms with E-state index >= 15 is 0 Å². The van der Waals surface area contributed by atoms with Crippen molar-refractivity contribution in [3.8, 4) is 95.5 Å². The van der Waals surface area contributed by atoms with Crippen molar-refractivity contribution < 1.29 is 0 Å². The van der Waals surface area contributed by atoms with Crippen LogP contribution >= 0.6 is 0 Å². The SMILES string of the molecule is c1ccc(-c2ccc3c(c2)c2cc(-c4ccccc4)ccc2n3-c2c(-c3cccc(-n4c5ccccc5c5ccccc54)c3)cc(-c3nc(-c4ccccc4)cc(-c4ccccc4)n3)cc2-c2cccc(-n3c4ccccc4c4ccccc43)c2)cc1. The Balaban J connectivity index is 1.02. The van der Waals surface area contributed by atoms with E-state index in [0.29, 0.717) is 5.82 Å². The van der Waals surface area contributed by atoms with Gasteiger partial charge in [-0.1, -0.05) is 231 Å². The average Bonchev–Trinajstić information content (AvgIpc) is 2.56. The molecule has 0 fully saturated rings. The van der Waals surface area contributed by atoms with Gasteiger partial charge in [-0.05, 0) is 124 Å². The van der Waals surface area contributed by atoms with Crippen molar-refractivity contribution in [3.63, 3.8) is 0 Å². The lowest BCUT2D eigenvalue weighted by Crippen LogP contribution is -2.04. The van der Waals surface area contributed by atoms with Crippen molar-refractivity contribution in [2.75, 3.05) is 0 Å². The zero-order valence-electron chi connectivity index (χ0n) is 47.3. The van der Waals surface area contributed by atoms with E-state index in [1.165, 1.54) is 32.7 Å². The molecule has 0 aliphatic rings. The van der Waals surface area contributed by atoms with Crippen LogP contribution < -0.4 is 0 Å². The van der Waals surface area contributed by atoms with Gasteiger partial charge in [-0.15, -0.1) is 0 Å². The number of aromatic nitrogens is 5. The van der Waals surface area contributed by atoms with Crippen LogP contribution in [-0.4, -0.2) is 23.7 Å². The van der Waals surface area contributed by atoms with Crippen LogP contribution in [0.25, 0.3) is 161 Å². The molecule has 5 nitrogen and oxygen atoms in total. The Morgan fingerprint density at radius 2 is 0.529 bits per heavy atom. The highest BCUT2D eigenvalue weighted by molar-refractivity contribution is 6.14. The fourth-order valence-electron chi connectivity index (χ4n) is 13.4. The molecule has 0 aliphatic carbocycles. The fraction of sp³-hybridized carbons (Fsp3) is 0. The highest BCUT2D eigenvalue weighted by atomic mass is 15.0. The van der Waals surface area contributed by atoms with Gasteiger partial charge in [-0.3, -0.25) is 0 Å². The monoisotopic (exact) mass is 1110 g/mol. The first-order valence-corrected chi connectivity index (χ1v) is 29.7. The van der Waals surface area contributed by atoms with Crippen LogP contribution in [0.5, 0.6) is 0 Å². The molecule has 13 aromatic carbocycles. The van der Waals surface area contributed by atoms with Gasteiger partial charge in [0.15, 0.2) is 5.82 Å². The van der Waals surface area contributed by atoms with Gasteiger partial charge in [0, 0.05) is 71.5 Å². The second-order valence-corrected chi connectivity index (χ2v) is 22.5. The molecule has 17 rings (SSSR count). The third-order valence-electron chi connectivity index (χ3n) is 17.4. The first-order valence-electron chi connectivity index (χ1n) is 29.7. The van der Waals surface area contributed by atoms with E-state index in [1.54, 1.807) is 0 Å². The van der Waals surface area contributed by atoms with Gasteiger partial charge in [-0.2, -0.15) is 0 Å². The Kier molecular flexibility index (Phi) is 11.8. The largest absolute Gasteiger partial charge is 0.309 e. The molecule has 0 aliphatic heterocycles. The normalized spacial score (nSPS) is 11.7. The van der Waals surface area contributed by atoms with Crippen molar-refractivity contribution in [3.05, 3.63) is 322 Å². The summed E-state index contributed by atoms with van der Waals surface area (Å²) in [5.41, 5.74) is 23.4. The van der Waals surface area contributed by atoms with Crippen LogP contribution in [0.15, 0.2) is 322 Å². The molecular formula is C82H53N5. The van der Waals surface area contributed by atoms with Gasteiger partial charge >= 0.3 is 0 Å². The summed E-state index contributed by atoms with van der Waals surface area (Å²) in [4.78, 5) is 11.1. The summed E-state index contributed by atoms with van der Waals surface area (Å²) in [6.45, 7) is 0. The lowest BCUT2D eigenvalue weighted by molar-refractivity contribution is 1.16. The molecule has 0 N–H and O–H groups in total.